The van der Waals surface area contributed by atoms with E-state index in [1.165, 1.54) is 5.56 Å². The Kier molecular flexibility index (Phi) is 15.8. The van der Waals surface area contributed by atoms with Gasteiger partial charge in [-0.1, -0.05) is 63.6 Å². The van der Waals surface area contributed by atoms with Crippen LogP contribution in [0.15, 0.2) is 30.3 Å². The Morgan fingerprint density at radius 3 is 1.67 bits per heavy atom. The van der Waals surface area contributed by atoms with Crippen LogP contribution < -0.4 is 12.4 Å². The first-order valence-electron chi connectivity index (χ1n) is 6.45. The molecule has 0 atom stereocenters. The Hall–Kier alpha value is -0.584. The Morgan fingerprint density at radius 2 is 1.43 bits per heavy atom. The van der Waals surface area contributed by atoms with E-state index in [9.17, 15) is 9.59 Å². The van der Waals surface area contributed by atoms with Crippen LogP contribution in [0.25, 0.3) is 0 Å². The summed E-state index contributed by atoms with van der Waals surface area (Å²) in [5.41, 5.74) is 1.33. The molecule has 5 heteroatoms. The van der Waals surface area contributed by atoms with Crippen LogP contribution in [0.2, 0.25) is 0 Å². The van der Waals surface area contributed by atoms with Crippen LogP contribution in [0, 0.1) is 6.92 Å². The smallest absolute Gasteiger partial charge is 1.00 e. The molecular weight excluding hydrogens is 300 g/mol. The molecule has 21 heavy (non-hydrogen) atoms. The maximum absolute atomic E-state index is 10.3. The summed E-state index contributed by atoms with van der Waals surface area (Å²) in [6.45, 7) is 11.6. The number of carbonyl (C=O) groups is 2. The summed E-state index contributed by atoms with van der Waals surface area (Å²) >= 11 is 0. The number of rotatable bonds is 3. The van der Waals surface area contributed by atoms with Gasteiger partial charge in [0.15, 0.2) is 0 Å². The SMILES string of the molecule is CCC(=O)OC(=O)CC.[CH2-]C(C)(C)c1ccccc1.[Cl-].[Mg+2]. The van der Waals surface area contributed by atoms with Gasteiger partial charge in [-0.25, -0.2) is 0 Å². The molecule has 0 spiro atoms. The standard InChI is InChI=1S/C10H13.C6H10O3.ClH.Mg/c1-10(2,3)9-7-5-4-6-8-9;1-3-5(7)9-6(8)4-2;;/h4-8H,1H2,2-3H3;3-4H2,1-2H3;1H;/q-1;;;+2/p-1. The molecule has 0 fully saturated rings. The zero-order valence-corrected chi connectivity index (χ0v) is 15.5. The predicted molar refractivity (Wildman–Crippen MR) is 82.3 cm³/mol. The second-order valence-electron chi connectivity index (χ2n) is 4.80. The van der Waals surface area contributed by atoms with Gasteiger partial charge < -0.3 is 24.1 Å². The van der Waals surface area contributed by atoms with Crippen LogP contribution in [0.1, 0.15) is 46.1 Å². The third-order valence-corrected chi connectivity index (χ3v) is 2.36. The molecular formula is C16H23ClMgO3. The van der Waals surface area contributed by atoms with E-state index in [-0.39, 0.29) is 53.7 Å². The number of ether oxygens (including phenoxy) is 1. The maximum atomic E-state index is 10.3. The zero-order chi connectivity index (χ0) is 14.9. The number of hydrogen-bond acceptors (Lipinski definition) is 3. The third kappa shape index (κ3) is 12.8. The van der Waals surface area contributed by atoms with Crippen molar-refractivity contribution in [1.29, 1.82) is 0 Å². The molecule has 0 unspecified atom stereocenters. The fraction of sp³-hybridized carbons (Fsp3) is 0.438. The van der Waals surface area contributed by atoms with Crippen LogP contribution in [0.5, 0.6) is 0 Å². The molecule has 1 aromatic rings. The summed E-state index contributed by atoms with van der Waals surface area (Å²) in [6.07, 6.45) is 0.511. The summed E-state index contributed by atoms with van der Waals surface area (Å²) in [4.78, 5) is 20.7. The molecule has 0 heterocycles. The van der Waals surface area contributed by atoms with Gasteiger partial charge in [0, 0.05) is 12.8 Å². The van der Waals surface area contributed by atoms with E-state index in [1.54, 1.807) is 13.8 Å². The quantitative estimate of drug-likeness (QED) is 0.348. The van der Waals surface area contributed by atoms with Crippen molar-refractivity contribution in [2.24, 2.45) is 0 Å². The average molecular weight is 323 g/mol. The first-order chi connectivity index (χ1) is 8.81. The first-order valence-corrected chi connectivity index (χ1v) is 6.45. The van der Waals surface area contributed by atoms with Crippen molar-refractivity contribution in [3.8, 4) is 0 Å². The van der Waals surface area contributed by atoms with Gasteiger partial charge in [-0.3, -0.25) is 9.59 Å². The molecule has 1 rings (SSSR count). The number of hydrogen-bond donors (Lipinski definition) is 0. The van der Waals surface area contributed by atoms with Crippen LogP contribution in [-0.4, -0.2) is 35.0 Å². The number of benzene rings is 1. The van der Waals surface area contributed by atoms with Crippen molar-refractivity contribution in [3.05, 3.63) is 42.8 Å². The van der Waals surface area contributed by atoms with Gasteiger partial charge in [-0.2, -0.15) is 0 Å². The number of carbonyl (C=O) groups excluding carboxylic acids is 2. The van der Waals surface area contributed by atoms with Gasteiger partial charge in [-0.05, 0) is 0 Å². The summed E-state index contributed by atoms with van der Waals surface area (Å²) in [7, 11) is 0. The Balaban J connectivity index is -0.000000284. The minimum Gasteiger partial charge on any atom is -1.00 e. The Labute approximate surface area is 150 Å². The zero-order valence-electron chi connectivity index (χ0n) is 13.3. The van der Waals surface area contributed by atoms with Gasteiger partial charge in [0.1, 0.15) is 0 Å². The van der Waals surface area contributed by atoms with Crippen LogP contribution in [-0.2, 0) is 19.7 Å². The van der Waals surface area contributed by atoms with Crippen LogP contribution in [0.4, 0.5) is 0 Å². The van der Waals surface area contributed by atoms with Gasteiger partial charge in [-0.15, -0.1) is 5.41 Å². The molecule has 0 aliphatic carbocycles. The van der Waals surface area contributed by atoms with E-state index < -0.39 is 11.9 Å². The van der Waals surface area contributed by atoms with Gasteiger partial charge in [0.2, 0.25) is 0 Å². The van der Waals surface area contributed by atoms with Crippen molar-refractivity contribution in [2.45, 2.75) is 46.0 Å². The predicted octanol–water partition coefficient (Wildman–Crippen LogP) is 0.298. The van der Waals surface area contributed by atoms with E-state index in [0.29, 0.717) is 0 Å². The Bertz CT molecular complexity index is 386. The maximum Gasteiger partial charge on any atom is 2.00 e. The normalized spacial score (nSPS) is 9.19. The number of halogens is 1. The van der Waals surface area contributed by atoms with E-state index in [4.69, 9.17) is 0 Å². The van der Waals surface area contributed by atoms with Crippen molar-refractivity contribution >= 4 is 35.0 Å². The summed E-state index contributed by atoms with van der Waals surface area (Å²) < 4.78 is 4.27. The van der Waals surface area contributed by atoms with E-state index >= 15 is 0 Å². The molecule has 3 nitrogen and oxygen atoms in total. The van der Waals surface area contributed by atoms with Gasteiger partial charge >= 0.3 is 35.0 Å². The van der Waals surface area contributed by atoms with Crippen molar-refractivity contribution in [3.63, 3.8) is 0 Å². The molecule has 0 N–H and O–H groups in total. The molecule has 114 valence electrons. The molecule has 0 bridgehead atoms. The molecule has 1 aromatic carbocycles. The fourth-order valence-corrected chi connectivity index (χ4v) is 1.16. The monoisotopic (exact) mass is 322 g/mol. The minimum atomic E-state index is -0.457. The molecule has 0 amide bonds. The molecule has 0 aliphatic heterocycles. The van der Waals surface area contributed by atoms with Crippen LogP contribution in [0.3, 0.4) is 0 Å². The van der Waals surface area contributed by atoms with E-state index in [0.717, 1.165) is 0 Å². The van der Waals surface area contributed by atoms with Crippen molar-refractivity contribution < 1.29 is 26.7 Å². The van der Waals surface area contributed by atoms with Crippen molar-refractivity contribution in [2.75, 3.05) is 0 Å². The minimum absolute atomic E-state index is 0. The largest absolute Gasteiger partial charge is 2.00 e. The van der Waals surface area contributed by atoms with Gasteiger partial charge in [0.25, 0.3) is 0 Å². The molecule has 0 aliphatic rings. The van der Waals surface area contributed by atoms with Crippen molar-refractivity contribution in [1.82, 2.24) is 0 Å². The first kappa shape index (κ1) is 25.4. The fourth-order valence-electron chi connectivity index (χ4n) is 1.16. The Morgan fingerprint density at radius 1 is 1.05 bits per heavy atom. The second-order valence-corrected chi connectivity index (χ2v) is 4.80. The van der Waals surface area contributed by atoms with E-state index in [1.807, 2.05) is 18.2 Å². The third-order valence-electron chi connectivity index (χ3n) is 2.36. The number of esters is 2. The van der Waals surface area contributed by atoms with Gasteiger partial charge in [0.05, 0.1) is 0 Å². The molecule has 0 aromatic heterocycles. The summed E-state index contributed by atoms with van der Waals surface area (Å²) in [5, 5.41) is 0. The summed E-state index contributed by atoms with van der Waals surface area (Å²) in [5.74, 6) is -0.913. The topological polar surface area (TPSA) is 43.4 Å². The average Bonchev–Trinajstić information content (AvgIpc) is 2.39. The molecule has 0 saturated carbocycles. The second kappa shape index (κ2) is 13.1. The molecule has 0 saturated heterocycles. The molecule has 0 radical (unpaired) electrons. The summed E-state index contributed by atoms with van der Waals surface area (Å²) in [6, 6.07) is 10.3. The van der Waals surface area contributed by atoms with Crippen LogP contribution >= 0.6 is 0 Å². The van der Waals surface area contributed by atoms with E-state index in [2.05, 4.69) is 37.6 Å².